The van der Waals surface area contributed by atoms with E-state index in [1.165, 1.54) is 12.8 Å². The number of rotatable bonds is 6. The molecule has 0 aliphatic heterocycles. The van der Waals surface area contributed by atoms with Gasteiger partial charge in [0, 0.05) is 5.54 Å². The van der Waals surface area contributed by atoms with Gasteiger partial charge in [-0.05, 0) is 59.0 Å². The van der Waals surface area contributed by atoms with Crippen LogP contribution in [0.25, 0.3) is 0 Å². The Morgan fingerprint density at radius 2 is 1.85 bits per heavy atom. The minimum absolute atomic E-state index is 0.261. The zero-order valence-corrected chi connectivity index (χ0v) is 9.69. The summed E-state index contributed by atoms with van der Waals surface area (Å²) in [5.74, 6) is 0.784. The van der Waals surface area contributed by atoms with E-state index in [4.69, 9.17) is 5.73 Å². The Balaban J connectivity index is 3.25. The average molecular weight is 186 g/mol. The standard InChI is InChI=1S/C11H26N2/c1-10(7-8-12)6-5-9-13-11(2,3)4/h10,13H,5-9,12H2,1-4H3. The quantitative estimate of drug-likeness (QED) is 0.624. The molecular formula is C11H26N2. The molecule has 0 amide bonds. The van der Waals surface area contributed by atoms with Crippen molar-refractivity contribution in [2.75, 3.05) is 13.1 Å². The van der Waals surface area contributed by atoms with Crippen molar-refractivity contribution in [3.8, 4) is 0 Å². The summed E-state index contributed by atoms with van der Waals surface area (Å²) in [5.41, 5.74) is 5.75. The number of hydrogen-bond donors (Lipinski definition) is 2. The summed E-state index contributed by atoms with van der Waals surface area (Å²) in [6.45, 7) is 10.8. The maximum Gasteiger partial charge on any atom is 0.00965 e. The smallest absolute Gasteiger partial charge is 0.00965 e. The first kappa shape index (κ1) is 12.9. The lowest BCUT2D eigenvalue weighted by Crippen LogP contribution is -2.36. The van der Waals surface area contributed by atoms with Crippen LogP contribution in [-0.4, -0.2) is 18.6 Å². The Hall–Kier alpha value is -0.0800. The molecule has 0 bridgehead atoms. The minimum atomic E-state index is 0.261. The molecule has 0 saturated carbocycles. The molecule has 0 aliphatic rings. The largest absolute Gasteiger partial charge is 0.330 e. The van der Waals surface area contributed by atoms with Crippen LogP contribution in [0.1, 0.15) is 47.0 Å². The highest BCUT2D eigenvalue weighted by Gasteiger charge is 2.07. The highest BCUT2D eigenvalue weighted by molar-refractivity contribution is 4.69. The third kappa shape index (κ3) is 9.84. The number of nitrogens with two attached hydrogens (primary N) is 1. The molecule has 2 heteroatoms. The lowest BCUT2D eigenvalue weighted by molar-refractivity contribution is 0.397. The highest BCUT2D eigenvalue weighted by atomic mass is 14.9. The zero-order chi connectivity index (χ0) is 10.3. The van der Waals surface area contributed by atoms with Gasteiger partial charge in [-0.15, -0.1) is 0 Å². The van der Waals surface area contributed by atoms with Crippen LogP contribution in [0.15, 0.2) is 0 Å². The molecule has 1 unspecified atom stereocenters. The second-order valence-electron chi connectivity index (χ2n) is 5.00. The lowest BCUT2D eigenvalue weighted by Gasteiger charge is -2.21. The van der Waals surface area contributed by atoms with E-state index >= 15 is 0 Å². The molecule has 0 aromatic heterocycles. The van der Waals surface area contributed by atoms with Crippen molar-refractivity contribution in [3.63, 3.8) is 0 Å². The van der Waals surface area contributed by atoms with Crippen molar-refractivity contribution in [2.24, 2.45) is 11.7 Å². The predicted molar refractivity (Wildman–Crippen MR) is 59.8 cm³/mol. The Labute approximate surface area is 83.3 Å². The van der Waals surface area contributed by atoms with Gasteiger partial charge < -0.3 is 11.1 Å². The fraction of sp³-hybridized carbons (Fsp3) is 1.00. The molecule has 0 aromatic rings. The van der Waals surface area contributed by atoms with E-state index in [2.05, 4.69) is 33.0 Å². The maximum absolute atomic E-state index is 5.49. The van der Waals surface area contributed by atoms with Gasteiger partial charge in [-0.1, -0.05) is 6.92 Å². The van der Waals surface area contributed by atoms with Gasteiger partial charge in [0.2, 0.25) is 0 Å². The van der Waals surface area contributed by atoms with E-state index < -0.39 is 0 Å². The fourth-order valence-corrected chi connectivity index (χ4v) is 1.34. The van der Waals surface area contributed by atoms with Crippen LogP contribution in [-0.2, 0) is 0 Å². The van der Waals surface area contributed by atoms with Gasteiger partial charge in [0.15, 0.2) is 0 Å². The molecule has 1 atom stereocenters. The molecule has 3 N–H and O–H groups in total. The molecule has 0 radical (unpaired) electrons. The number of nitrogens with one attached hydrogen (secondary N) is 1. The van der Waals surface area contributed by atoms with Crippen LogP contribution in [0, 0.1) is 5.92 Å². The Kier molecular flexibility index (Phi) is 6.35. The summed E-state index contributed by atoms with van der Waals surface area (Å²) >= 11 is 0. The van der Waals surface area contributed by atoms with Crippen molar-refractivity contribution in [1.29, 1.82) is 0 Å². The maximum atomic E-state index is 5.49. The molecule has 0 aliphatic carbocycles. The molecule has 13 heavy (non-hydrogen) atoms. The van der Waals surface area contributed by atoms with Crippen LogP contribution >= 0.6 is 0 Å². The Bertz CT molecular complexity index is 116. The second-order valence-corrected chi connectivity index (χ2v) is 5.00. The van der Waals surface area contributed by atoms with E-state index in [1.54, 1.807) is 0 Å². The topological polar surface area (TPSA) is 38.0 Å². The number of hydrogen-bond acceptors (Lipinski definition) is 2. The van der Waals surface area contributed by atoms with E-state index in [0.29, 0.717) is 0 Å². The van der Waals surface area contributed by atoms with E-state index in [9.17, 15) is 0 Å². The summed E-state index contributed by atoms with van der Waals surface area (Å²) < 4.78 is 0. The van der Waals surface area contributed by atoms with E-state index in [1.807, 2.05) is 0 Å². The van der Waals surface area contributed by atoms with Gasteiger partial charge >= 0.3 is 0 Å². The summed E-state index contributed by atoms with van der Waals surface area (Å²) in [5, 5.41) is 3.49. The first-order valence-corrected chi connectivity index (χ1v) is 5.41. The Morgan fingerprint density at radius 3 is 2.31 bits per heavy atom. The van der Waals surface area contributed by atoms with Crippen LogP contribution < -0.4 is 11.1 Å². The normalized spacial score (nSPS) is 14.5. The second kappa shape index (κ2) is 6.39. The van der Waals surface area contributed by atoms with E-state index in [0.717, 1.165) is 25.4 Å². The molecular weight excluding hydrogens is 160 g/mol. The summed E-state index contributed by atoms with van der Waals surface area (Å²) in [7, 11) is 0. The van der Waals surface area contributed by atoms with Crippen molar-refractivity contribution in [3.05, 3.63) is 0 Å². The minimum Gasteiger partial charge on any atom is -0.330 e. The van der Waals surface area contributed by atoms with Crippen molar-refractivity contribution >= 4 is 0 Å². The third-order valence-corrected chi connectivity index (χ3v) is 2.19. The van der Waals surface area contributed by atoms with E-state index in [-0.39, 0.29) is 5.54 Å². The summed E-state index contributed by atoms with van der Waals surface area (Å²) in [6.07, 6.45) is 3.72. The van der Waals surface area contributed by atoms with Gasteiger partial charge in [-0.2, -0.15) is 0 Å². The highest BCUT2D eigenvalue weighted by Crippen LogP contribution is 2.08. The first-order chi connectivity index (χ1) is 5.95. The third-order valence-electron chi connectivity index (χ3n) is 2.19. The lowest BCUT2D eigenvalue weighted by atomic mass is 10.0. The SMILES string of the molecule is CC(CCN)CCCNC(C)(C)C. The van der Waals surface area contributed by atoms with Crippen molar-refractivity contribution in [2.45, 2.75) is 52.5 Å². The predicted octanol–water partition coefficient (Wildman–Crippen LogP) is 2.14. The molecule has 0 fully saturated rings. The average Bonchev–Trinajstić information content (AvgIpc) is 1.97. The Morgan fingerprint density at radius 1 is 1.23 bits per heavy atom. The first-order valence-electron chi connectivity index (χ1n) is 5.41. The molecule has 2 nitrogen and oxygen atoms in total. The van der Waals surface area contributed by atoms with Gasteiger partial charge in [0.25, 0.3) is 0 Å². The van der Waals surface area contributed by atoms with Crippen LogP contribution in [0.4, 0.5) is 0 Å². The summed E-state index contributed by atoms with van der Waals surface area (Å²) in [4.78, 5) is 0. The zero-order valence-electron chi connectivity index (χ0n) is 9.69. The fourth-order valence-electron chi connectivity index (χ4n) is 1.34. The van der Waals surface area contributed by atoms with Gasteiger partial charge in [-0.25, -0.2) is 0 Å². The van der Waals surface area contributed by atoms with Crippen molar-refractivity contribution < 1.29 is 0 Å². The van der Waals surface area contributed by atoms with Crippen molar-refractivity contribution in [1.82, 2.24) is 5.32 Å². The summed E-state index contributed by atoms with van der Waals surface area (Å²) in [6, 6.07) is 0. The molecule has 0 heterocycles. The molecule has 0 saturated heterocycles. The van der Waals surface area contributed by atoms with Crippen LogP contribution in [0.5, 0.6) is 0 Å². The van der Waals surface area contributed by atoms with Crippen LogP contribution in [0.2, 0.25) is 0 Å². The molecule has 80 valence electrons. The van der Waals surface area contributed by atoms with Crippen LogP contribution in [0.3, 0.4) is 0 Å². The molecule has 0 spiro atoms. The molecule has 0 rings (SSSR count). The molecule has 0 aromatic carbocycles. The van der Waals surface area contributed by atoms with Gasteiger partial charge in [0.05, 0.1) is 0 Å². The van der Waals surface area contributed by atoms with Gasteiger partial charge in [0.1, 0.15) is 0 Å². The monoisotopic (exact) mass is 186 g/mol. The van der Waals surface area contributed by atoms with Gasteiger partial charge in [-0.3, -0.25) is 0 Å².